The summed E-state index contributed by atoms with van der Waals surface area (Å²) < 4.78 is 36.4. The molecule has 0 spiro atoms. The molecule has 6 aromatic rings. The number of rotatable bonds is 13. The van der Waals surface area contributed by atoms with Gasteiger partial charge >= 0.3 is 0 Å². The number of methoxy groups -OCH3 is 6. The fourth-order valence-electron chi connectivity index (χ4n) is 9.87. The summed E-state index contributed by atoms with van der Waals surface area (Å²) in [4.78, 5) is 0. The average molecular weight is 871 g/mol. The van der Waals surface area contributed by atoms with Crippen molar-refractivity contribution in [2.75, 3.05) is 42.7 Å². The third-order valence-corrected chi connectivity index (χ3v) is 16.9. The standard InChI is InChI=1S/C54H64O6P2/c1-29-19-41(20-30(2)49(29)55-13)61(42-21-31(3)50(56-14)32(4)22-42)45-27-37(9)53(59-17)39(11)47(45)48-40(12)54(60-18)38(10)28-46(48)62(43-23-33(5)51(57-15)34(6)24-43)44-25-35(7)52(58-16)36(8)26-44/h19-28H,1-18H3. The van der Waals surface area contributed by atoms with Crippen LogP contribution in [0.5, 0.6) is 34.5 Å². The number of hydrogen-bond donors (Lipinski definition) is 0. The van der Waals surface area contributed by atoms with Crippen molar-refractivity contribution >= 4 is 47.7 Å². The SMILES string of the molecule is COc1c(C)cc(P(c2cc(C)c(OC)c(C)c2)c2cc(C)c(OC)c(C)c2-c2c(P(c3cc(C)c(OC)c(C)c3)c3cc(C)c(OC)c(C)c3)cc(C)c(OC)c2C)cc1C. The van der Waals surface area contributed by atoms with Gasteiger partial charge in [-0.2, -0.15) is 0 Å². The third kappa shape index (κ3) is 8.29. The van der Waals surface area contributed by atoms with Crippen molar-refractivity contribution in [3.8, 4) is 45.6 Å². The first-order valence-corrected chi connectivity index (χ1v) is 23.7. The van der Waals surface area contributed by atoms with Gasteiger partial charge in [-0.15, -0.1) is 0 Å². The molecular weight excluding hydrogens is 807 g/mol. The molecule has 0 radical (unpaired) electrons. The van der Waals surface area contributed by atoms with E-state index in [0.29, 0.717) is 0 Å². The molecule has 0 heterocycles. The lowest BCUT2D eigenvalue weighted by atomic mass is 9.92. The predicted octanol–water partition coefficient (Wildman–Crippen LogP) is 10.6. The molecule has 326 valence electrons. The molecule has 0 saturated heterocycles. The fourth-order valence-corrected chi connectivity index (χ4v) is 15.8. The Morgan fingerprint density at radius 3 is 0.613 bits per heavy atom. The van der Waals surface area contributed by atoms with Gasteiger partial charge in [-0.05, 0) is 269 Å². The Balaban J connectivity index is 1.86. The summed E-state index contributed by atoms with van der Waals surface area (Å²) in [6, 6.07) is 23.4. The largest absolute Gasteiger partial charge is 0.496 e. The smallest absolute Gasteiger partial charge is 0.125 e. The minimum atomic E-state index is -1.18. The highest BCUT2D eigenvalue weighted by molar-refractivity contribution is 7.80. The van der Waals surface area contributed by atoms with Gasteiger partial charge in [0.05, 0.1) is 42.7 Å². The lowest BCUT2D eigenvalue weighted by Crippen LogP contribution is -2.29. The van der Waals surface area contributed by atoms with Crippen LogP contribution in [0.25, 0.3) is 11.1 Å². The molecule has 0 saturated carbocycles. The summed E-state index contributed by atoms with van der Waals surface area (Å²) in [6.45, 7) is 26.0. The first-order valence-electron chi connectivity index (χ1n) is 21.0. The van der Waals surface area contributed by atoms with E-state index in [2.05, 4.69) is 144 Å². The molecule has 8 heteroatoms. The molecule has 0 amide bonds. The second-order valence-electron chi connectivity index (χ2n) is 16.6. The molecule has 0 fully saturated rings. The van der Waals surface area contributed by atoms with E-state index in [4.69, 9.17) is 28.4 Å². The van der Waals surface area contributed by atoms with Crippen LogP contribution in [-0.2, 0) is 0 Å². The monoisotopic (exact) mass is 870 g/mol. The normalized spacial score (nSPS) is 11.4. The first kappa shape index (κ1) is 46.5. The molecule has 6 nitrogen and oxygen atoms in total. The van der Waals surface area contributed by atoms with E-state index < -0.39 is 15.8 Å². The van der Waals surface area contributed by atoms with Gasteiger partial charge in [0.25, 0.3) is 0 Å². The summed E-state index contributed by atoms with van der Waals surface area (Å²) in [6.07, 6.45) is 0. The Kier molecular flexibility index (Phi) is 14.1. The van der Waals surface area contributed by atoms with Crippen molar-refractivity contribution in [2.45, 2.75) is 83.1 Å². The minimum absolute atomic E-state index is 0.879. The van der Waals surface area contributed by atoms with Gasteiger partial charge in [0.1, 0.15) is 34.5 Å². The highest BCUT2D eigenvalue weighted by Gasteiger charge is 2.33. The van der Waals surface area contributed by atoms with Crippen LogP contribution in [0.15, 0.2) is 60.7 Å². The highest BCUT2D eigenvalue weighted by Crippen LogP contribution is 2.49. The minimum Gasteiger partial charge on any atom is -0.496 e. The highest BCUT2D eigenvalue weighted by atomic mass is 31.1. The van der Waals surface area contributed by atoms with Gasteiger partial charge in [0, 0.05) is 0 Å². The maximum absolute atomic E-state index is 6.35. The van der Waals surface area contributed by atoms with Gasteiger partial charge in [-0.1, -0.05) is 0 Å². The number of hydrogen-bond acceptors (Lipinski definition) is 6. The van der Waals surface area contributed by atoms with E-state index in [1.54, 1.807) is 42.7 Å². The predicted molar refractivity (Wildman–Crippen MR) is 265 cm³/mol. The molecule has 0 aromatic heterocycles. The number of ether oxygens (including phenoxy) is 6. The summed E-state index contributed by atoms with van der Waals surface area (Å²) in [5, 5.41) is 7.47. The van der Waals surface area contributed by atoms with E-state index in [1.807, 2.05) is 0 Å². The zero-order chi connectivity index (χ0) is 45.5. The average Bonchev–Trinajstić information content (AvgIpc) is 3.19. The van der Waals surface area contributed by atoms with Crippen LogP contribution in [0.2, 0.25) is 0 Å². The summed E-state index contributed by atoms with van der Waals surface area (Å²) in [5.74, 6) is 5.41. The lowest BCUT2D eigenvalue weighted by Gasteiger charge is -2.32. The quantitative estimate of drug-likeness (QED) is 0.108. The van der Waals surface area contributed by atoms with Crippen molar-refractivity contribution in [1.82, 2.24) is 0 Å². The van der Waals surface area contributed by atoms with Crippen molar-refractivity contribution in [1.29, 1.82) is 0 Å². The molecule has 0 N–H and O–H groups in total. The van der Waals surface area contributed by atoms with Crippen LogP contribution < -0.4 is 60.2 Å². The second-order valence-corrected chi connectivity index (χ2v) is 21.0. The van der Waals surface area contributed by atoms with Gasteiger partial charge in [-0.25, -0.2) is 0 Å². The van der Waals surface area contributed by atoms with Crippen molar-refractivity contribution < 1.29 is 28.4 Å². The van der Waals surface area contributed by atoms with Crippen molar-refractivity contribution in [3.63, 3.8) is 0 Å². The summed E-state index contributed by atoms with van der Waals surface area (Å²) in [5.41, 5.74) is 15.5. The zero-order valence-electron chi connectivity index (χ0n) is 40.1. The Bertz CT molecular complexity index is 2300. The fraction of sp³-hybridized carbons (Fsp3) is 0.333. The van der Waals surface area contributed by atoms with Crippen LogP contribution in [0, 0.1) is 83.1 Å². The van der Waals surface area contributed by atoms with Gasteiger partial charge in [0.15, 0.2) is 0 Å². The van der Waals surface area contributed by atoms with Crippen LogP contribution in [0.1, 0.15) is 66.8 Å². The summed E-state index contributed by atoms with van der Waals surface area (Å²) >= 11 is 0. The van der Waals surface area contributed by atoms with E-state index in [-0.39, 0.29) is 0 Å². The maximum atomic E-state index is 6.35. The second kappa shape index (κ2) is 18.8. The lowest BCUT2D eigenvalue weighted by molar-refractivity contribution is 0.408. The van der Waals surface area contributed by atoms with Crippen LogP contribution in [0.3, 0.4) is 0 Å². The molecule has 0 aliphatic carbocycles. The molecule has 62 heavy (non-hydrogen) atoms. The molecule has 0 aliphatic heterocycles. The summed E-state index contributed by atoms with van der Waals surface area (Å²) in [7, 11) is 8.24. The molecule has 6 aromatic carbocycles. The maximum Gasteiger partial charge on any atom is 0.125 e. The number of aryl methyl sites for hydroxylation is 10. The van der Waals surface area contributed by atoms with Crippen LogP contribution in [-0.4, -0.2) is 42.7 Å². The van der Waals surface area contributed by atoms with E-state index >= 15 is 0 Å². The number of benzene rings is 6. The molecule has 0 aliphatic rings. The Morgan fingerprint density at radius 1 is 0.258 bits per heavy atom. The van der Waals surface area contributed by atoms with E-state index in [0.717, 1.165) is 112 Å². The van der Waals surface area contributed by atoms with E-state index in [1.165, 1.54) is 31.8 Å². The van der Waals surface area contributed by atoms with Gasteiger partial charge in [-0.3, -0.25) is 0 Å². The molecule has 0 bridgehead atoms. The first-order chi connectivity index (χ1) is 29.5. The van der Waals surface area contributed by atoms with E-state index in [9.17, 15) is 0 Å². The van der Waals surface area contributed by atoms with Crippen LogP contribution in [0.4, 0.5) is 0 Å². The third-order valence-electron chi connectivity index (χ3n) is 12.1. The Morgan fingerprint density at radius 2 is 0.435 bits per heavy atom. The van der Waals surface area contributed by atoms with Gasteiger partial charge < -0.3 is 28.4 Å². The zero-order valence-corrected chi connectivity index (χ0v) is 41.9. The van der Waals surface area contributed by atoms with Gasteiger partial charge in [0.2, 0.25) is 0 Å². The Hall–Kier alpha value is -5.02. The topological polar surface area (TPSA) is 55.4 Å². The molecule has 6 rings (SSSR count). The Labute approximate surface area is 373 Å². The molecule has 0 atom stereocenters. The van der Waals surface area contributed by atoms with Crippen molar-refractivity contribution in [3.05, 3.63) is 127 Å². The van der Waals surface area contributed by atoms with Crippen molar-refractivity contribution in [2.24, 2.45) is 0 Å². The molecular formula is C54H64O6P2. The van der Waals surface area contributed by atoms with Crippen LogP contribution >= 0.6 is 15.8 Å². The molecule has 0 unspecified atom stereocenters.